The molecule has 1 fully saturated rings. The van der Waals surface area contributed by atoms with Crippen molar-refractivity contribution in [3.05, 3.63) is 29.8 Å². The Morgan fingerprint density at radius 3 is 2.68 bits per heavy atom. The highest BCUT2D eigenvalue weighted by atomic mass is 16.3. The van der Waals surface area contributed by atoms with E-state index in [4.69, 9.17) is 0 Å². The van der Waals surface area contributed by atoms with Crippen LogP contribution in [0.15, 0.2) is 24.3 Å². The second kappa shape index (κ2) is 8.97. The average molecular weight is 347 g/mol. The zero-order valence-electron chi connectivity index (χ0n) is 15.4. The van der Waals surface area contributed by atoms with Crippen LogP contribution < -0.4 is 5.32 Å². The summed E-state index contributed by atoms with van der Waals surface area (Å²) in [5.74, 6) is -0.0458. The van der Waals surface area contributed by atoms with Crippen molar-refractivity contribution in [1.29, 1.82) is 0 Å². The van der Waals surface area contributed by atoms with E-state index >= 15 is 0 Å². The molecule has 138 valence electrons. The van der Waals surface area contributed by atoms with Crippen LogP contribution in [0, 0.1) is 12.8 Å². The summed E-state index contributed by atoms with van der Waals surface area (Å²) in [5, 5.41) is 12.1. The molecule has 1 aliphatic heterocycles. The summed E-state index contributed by atoms with van der Waals surface area (Å²) in [6.45, 7) is 5.62. The highest BCUT2D eigenvalue weighted by molar-refractivity contribution is 5.95. The van der Waals surface area contributed by atoms with Gasteiger partial charge in [-0.2, -0.15) is 0 Å². The van der Waals surface area contributed by atoms with Gasteiger partial charge in [-0.1, -0.05) is 17.7 Å². The summed E-state index contributed by atoms with van der Waals surface area (Å²) in [7, 11) is 1.65. The Bertz CT molecular complexity index is 588. The number of carbonyl (C=O) groups excluding carboxylic acids is 2. The number of aliphatic hydroxyl groups excluding tert-OH is 1. The number of hydrogen-bond donors (Lipinski definition) is 2. The number of amides is 2. The lowest BCUT2D eigenvalue weighted by Gasteiger charge is -2.36. The van der Waals surface area contributed by atoms with Crippen LogP contribution in [0.4, 0.5) is 5.69 Å². The third-order valence-electron chi connectivity index (χ3n) is 4.81. The van der Waals surface area contributed by atoms with Crippen molar-refractivity contribution in [1.82, 2.24) is 9.80 Å². The van der Waals surface area contributed by atoms with Gasteiger partial charge in [-0.3, -0.25) is 14.5 Å². The Morgan fingerprint density at radius 1 is 1.36 bits per heavy atom. The molecule has 0 unspecified atom stereocenters. The fourth-order valence-electron chi connectivity index (χ4n) is 3.20. The van der Waals surface area contributed by atoms with E-state index in [0.29, 0.717) is 0 Å². The molecule has 1 aromatic carbocycles. The number of hydrogen-bond acceptors (Lipinski definition) is 4. The van der Waals surface area contributed by atoms with Gasteiger partial charge in [0.2, 0.25) is 11.8 Å². The molecule has 0 aliphatic carbocycles. The Balaban J connectivity index is 1.86. The van der Waals surface area contributed by atoms with Crippen LogP contribution in [0.1, 0.15) is 25.3 Å². The van der Waals surface area contributed by atoms with Crippen molar-refractivity contribution < 1.29 is 14.7 Å². The van der Waals surface area contributed by atoms with Gasteiger partial charge in [0.15, 0.2) is 0 Å². The van der Waals surface area contributed by atoms with Gasteiger partial charge < -0.3 is 15.3 Å². The number of nitrogens with zero attached hydrogens (tertiary/aromatic N) is 2. The van der Waals surface area contributed by atoms with Gasteiger partial charge in [0.1, 0.15) is 0 Å². The van der Waals surface area contributed by atoms with Crippen LogP contribution in [0.3, 0.4) is 0 Å². The van der Waals surface area contributed by atoms with E-state index in [2.05, 4.69) is 10.2 Å². The molecule has 2 amide bonds. The molecular weight excluding hydrogens is 318 g/mol. The smallest absolute Gasteiger partial charge is 0.243 e. The molecule has 2 rings (SSSR count). The minimum Gasteiger partial charge on any atom is -0.396 e. The van der Waals surface area contributed by atoms with Gasteiger partial charge in [0.05, 0.1) is 12.6 Å². The normalized spacial score (nSPS) is 19.3. The summed E-state index contributed by atoms with van der Waals surface area (Å²) >= 11 is 0. The van der Waals surface area contributed by atoms with Crippen LogP contribution >= 0.6 is 0 Å². The second-order valence-electron chi connectivity index (χ2n) is 6.97. The second-order valence-corrected chi connectivity index (χ2v) is 6.97. The van der Waals surface area contributed by atoms with E-state index in [9.17, 15) is 14.7 Å². The van der Waals surface area contributed by atoms with Crippen LogP contribution in [0.25, 0.3) is 0 Å². The Labute approximate surface area is 149 Å². The van der Waals surface area contributed by atoms with Crippen LogP contribution in [0.2, 0.25) is 0 Å². The zero-order valence-corrected chi connectivity index (χ0v) is 15.4. The number of aliphatic hydroxyl groups is 1. The number of nitrogens with one attached hydrogen (secondary N) is 1. The molecule has 0 spiro atoms. The van der Waals surface area contributed by atoms with Gasteiger partial charge in [-0.15, -0.1) is 0 Å². The van der Waals surface area contributed by atoms with E-state index < -0.39 is 0 Å². The van der Waals surface area contributed by atoms with E-state index in [-0.39, 0.29) is 36.9 Å². The van der Waals surface area contributed by atoms with Crippen molar-refractivity contribution >= 4 is 17.5 Å². The van der Waals surface area contributed by atoms with Crippen LogP contribution in [-0.4, -0.2) is 66.1 Å². The van der Waals surface area contributed by atoms with Gasteiger partial charge >= 0.3 is 0 Å². The van der Waals surface area contributed by atoms with Gasteiger partial charge in [0, 0.05) is 25.9 Å². The lowest BCUT2D eigenvalue weighted by molar-refractivity contribution is -0.138. The number of likely N-dealkylation sites (N-methyl/N-ethyl adjacent to an activating group) is 1. The first-order valence-electron chi connectivity index (χ1n) is 8.87. The lowest BCUT2D eigenvalue weighted by atomic mass is 9.97. The summed E-state index contributed by atoms with van der Waals surface area (Å²) < 4.78 is 0. The highest BCUT2D eigenvalue weighted by Gasteiger charge is 2.29. The maximum absolute atomic E-state index is 12.6. The molecule has 1 aliphatic rings. The number of likely N-dealkylation sites (tertiary alicyclic amines) is 1. The average Bonchev–Trinajstić information content (AvgIpc) is 2.62. The fraction of sp³-hybridized carbons (Fsp3) is 0.579. The molecule has 1 heterocycles. The molecule has 0 saturated carbocycles. The Hall–Kier alpha value is -1.92. The van der Waals surface area contributed by atoms with E-state index in [0.717, 1.165) is 37.2 Å². The van der Waals surface area contributed by atoms with Crippen molar-refractivity contribution in [2.75, 3.05) is 38.6 Å². The first-order valence-corrected chi connectivity index (χ1v) is 8.87. The number of anilines is 1. The SMILES string of the molecule is Cc1ccc(NC(=O)CN(C)C(=O)[C@H](C)N2CCC[C@H](CO)C2)cc1. The monoisotopic (exact) mass is 347 g/mol. The van der Waals surface area contributed by atoms with Crippen LogP contribution in [0.5, 0.6) is 0 Å². The largest absolute Gasteiger partial charge is 0.396 e. The molecule has 6 nitrogen and oxygen atoms in total. The Morgan fingerprint density at radius 2 is 2.04 bits per heavy atom. The molecule has 0 radical (unpaired) electrons. The number of aryl methyl sites for hydroxylation is 1. The maximum atomic E-state index is 12.6. The standard InChI is InChI=1S/C19H29N3O3/c1-14-6-8-17(9-7-14)20-18(24)12-21(3)19(25)15(2)22-10-4-5-16(11-22)13-23/h6-9,15-16,23H,4-5,10-13H2,1-3H3,(H,20,24)/t15-,16-/m0/s1. The minimum atomic E-state index is -0.286. The molecule has 0 aromatic heterocycles. The van der Waals surface area contributed by atoms with Crippen molar-refractivity contribution in [3.63, 3.8) is 0 Å². The molecule has 0 bridgehead atoms. The molecule has 2 N–H and O–H groups in total. The van der Waals surface area contributed by atoms with Crippen molar-refractivity contribution in [2.24, 2.45) is 5.92 Å². The van der Waals surface area contributed by atoms with Gasteiger partial charge in [0.25, 0.3) is 0 Å². The minimum absolute atomic E-state index is 0.0221. The molecule has 2 atom stereocenters. The topological polar surface area (TPSA) is 72.9 Å². The fourth-order valence-corrected chi connectivity index (χ4v) is 3.20. The Kier molecular flexibility index (Phi) is 6.96. The zero-order chi connectivity index (χ0) is 18.4. The molecule has 25 heavy (non-hydrogen) atoms. The molecule has 1 aromatic rings. The van der Waals surface area contributed by atoms with Gasteiger partial charge in [-0.25, -0.2) is 0 Å². The van der Waals surface area contributed by atoms with E-state index in [1.165, 1.54) is 4.90 Å². The summed E-state index contributed by atoms with van der Waals surface area (Å²) in [6, 6.07) is 7.27. The summed E-state index contributed by atoms with van der Waals surface area (Å²) in [4.78, 5) is 28.3. The number of carbonyl (C=O) groups is 2. The third kappa shape index (κ3) is 5.54. The highest BCUT2D eigenvalue weighted by Crippen LogP contribution is 2.18. The van der Waals surface area contributed by atoms with Crippen molar-refractivity contribution in [2.45, 2.75) is 32.7 Å². The maximum Gasteiger partial charge on any atom is 0.243 e. The molecule has 6 heteroatoms. The predicted molar refractivity (Wildman–Crippen MR) is 98.3 cm³/mol. The van der Waals surface area contributed by atoms with Gasteiger partial charge in [-0.05, 0) is 51.3 Å². The lowest BCUT2D eigenvalue weighted by Crippen LogP contribution is -2.51. The molecule has 1 saturated heterocycles. The number of piperidine rings is 1. The summed E-state index contributed by atoms with van der Waals surface area (Å²) in [6.07, 6.45) is 1.99. The van der Waals surface area contributed by atoms with E-state index in [1.807, 2.05) is 38.1 Å². The third-order valence-corrected chi connectivity index (χ3v) is 4.81. The summed E-state index contributed by atoms with van der Waals surface area (Å²) in [5.41, 5.74) is 1.85. The number of rotatable bonds is 6. The number of benzene rings is 1. The predicted octanol–water partition coefficient (Wildman–Crippen LogP) is 1.48. The van der Waals surface area contributed by atoms with Crippen molar-refractivity contribution in [3.8, 4) is 0 Å². The molecular formula is C19H29N3O3. The van der Waals surface area contributed by atoms with Crippen LogP contribution in [-0.2, 0) is 9.59 Å². The van der Waals surface area contributed by atoms with E-state index in [1.54, 1.807) is 7.05 Å². The first kappa shape index (κ1) is 19.4. The first-order chi connectivity index (χ1) is 11.9. The quantitative estimate of drug-likeness (QED) is 0.818.